The zero-order valence-electron chi connectivity index (χ0n) is 17.8. The molecule has 0 aliphatic carbocycles. The number of hydrogen-bond acceptors (Lipinski definition) is 5. The zero-order chi connectivity index (χ0) is 21.8. The molecular weight excluding hydrogens is 410 g/mol. The SMILES string of the molecule is COC(=O)C1(c2ccccc2)CCN(C(=O)CSC(C)c2nc3ccccc3[nH]2)CC1. The minimum absolute atomic E-state index is 0.0830. The second-order valence-corrected chi connectivity index (χ2v) is 9.24. The predicted molar refractivity (Wildman–Crippen MR) is 123 cm³/mol. The molecule has 7 heteroatoms. The molecule has 0 radical (unpaired) electrons. The van der Waals surface area contributed by atoms with Crippen LogP contribution in [0, 0.1) is 0 Å². The van der Waals surface area contributed by atoms with Gasteiger partial charge >= 0.3 is 5.97 Å². The molecule has 0 spiro atoms. The number of nitrogens with one attached hydrogen (secondary N) is 1. The second-order valence-electron chi connectivity index (χ2n) is 7.91. The molecule has 1 saturated heterocycles. The Bertz CT molecular complexity index is 1030. The van der Waals surface area contributed by atoms with Crippen LogP contribution in [0.25, 0.3) is 11.0 Å². The van der Waals surface area contributed by atoms with Crippen molar-refractivity contribution in [3.8, 4) is 0 Å². The lowest BCUT2D eigenvalue weighted by atomic mass is 9.72. The number of carbonyl (C=O) groups is 2. The Labute approximate surface area is 186 Å². The highest BCUT2D eigenvalue weighted by Crippen LogP contribution is 2.37. The highest BCUT2D eigenvalue weighted by molar-refractivity contribution is 8.00. The highest BCUT2D eigenvalue weighted by atomic mass is 32.2. The van der Waals surface area contributed by atoms with Gasteiger partial charge in [0.2, 0.25) is 5.91 Å². The summed E-state index contributed by atoms with van der Waals surface area (Å²) in [6, 6.07) is 17.7. The number of ether oxygens (including phenoxy) is 1. The second kappa shape index (κ2) is 9.14. The lowest BCUT2D eigenvalue weighted by Gasteiger charge is -2.40. The molecule has 1 aromatic heterocycles. The Hall–Kier alpha value is -2.80. The third-order valence-corrected chi connectivity index (χ3v) is 7.26. The number of nitrogens with zero attached hydrogens (tertiary/aromatic N) is 2. The molecule has 0 saturated carbocycles. The molecule has 2 aromatic carbocycles. The molecule has 1 N–H and O–H groups in total. The van der Waals surface area contributed by atoms with E-state index in [2.05, 4.69) is 16.9 Å². The van der Waals surface area contributed by atoms with Crippen LogP contribution in [-0.4, -0.2) is 52.7 Å². The minimum atomic E-state index is -0.679. The number of H-pyrrole nitrogens is 1. The molecule has 4 rings (SSSR count). The third kappa shape index (κ3) is 4.32. The predicted octanol–water partition coefficient (Wildman–Crippen LogP) is 4.09. The van der Waals surface area contributed by atoms with E-state index in [1.165, 1.54) is 7.11 Å². The number of aromatic amines is 1. The van der Waals surface area contributed by atoms with Crippen molar-refractivity contribution in [2.24, 2.45) is 0 Å². The van der Waals surface area contributed by atoms with Crippen LogP contribution in [0.1, 0.15) is 36.4 Å². The van der Waals surface area contributed by atoms with Crippen molar-refractivity contribution < 1.29 is 14.3 Å². The van der Waals surface area contributed by atoms with Crippen LogP contribution < -0.4 is 0 Å². The number of para-hydroxylation sites is 2. The van der Waals surface area contributed by atoms with Gasteiger partial charge < -0.3 is 14.6 Å². The van der Waals surface area contributed by atoms with Gasteiger partial charge in [0.15, 0.2) is 0 Å². The quantitative estimate of drug-likeness (QED) is 0.588. The first-order valence-electron chi connectivity index (χ1n) is 10.5. The van der Waals surface area contributed by atoms with Gasteiger partial charge in [0.25, 0.3) is 0 Å². The standard InChI is InChI=1S/C24H27N3O3S/c1-17(22-25-19-10-6-7-11-20(19)26-22)31-16-21(28)27-14-12-24(13-15-27,23(29)30-2)18-8-4-3-5-9-18/h3-11,17H,12-16H2,1-2H3,(H,25,26). The fourth-order valence-corrected chi connectivity index (χ4v) is 5.08. The summed E-state index contributed by atoms with van der Waals surface area (Å²) < 4.78 is 5.14. The van der Waals surface area contributed by atoms with Crippen molar-refractivity contribution in [3.05, 3.63) is 66.0 Å². The number of hydrogen-bond donors (Lipinski definition) is 1. The topological polar surface area (TPSA) is 75.3 Å². The lowest BCUT2D eigenvalue weighted by molar-refractivity contribution is -0.151. The first kappa shape index (κ1) is 21.4. The molecule has 31 heavy (non-hydrogen) atoms. The van der Waals surface area contributed by atoms with Gasteiger partial charge in [-0.25, -0.2) is 4.98 Å². The van der Waals surface area contributed by atoms with Crippen LogP contribution in [0.3, 0.4) is 0 Å². The van der Waals surface area contributed by atoms with Crippen LogP contribution in [0.5, 0.6) is 0 Å². The Morgan fingerprint density at radius 3 is 2.48 bits per heavy atom. The lowest BCUT2D eigenvalue weighted by Crippen LogP contribution is -2.50. The largest absolute Gasteiger partial charge is 0.468 e. The Balaban J connectivity index is 1.36. The summed E-state index contributed by atoms with van der Waals surface area (Å²) in [6.45, 7) is 3.15. The van der Waals surface area contributed by atoms with E-state index >= 15 is 0 Å². The molecule has 1 atom stereocenters. The Morgan fingerprint density at radius 2 is 1.81 bits per heavy atom. The van der Waals surface area contributed by atoms with E-state index in [1.807, 2.05) is 59.5 Å². The average Bonchev–Trinajstić information content (AvgIpc) is 3.27. The summed E-state index contributed by atoms with van der Waals surface area (Å²) in [6.07, 6.45) is 1.14. The van der Waals surface area contributed by atoms with Crippen LogP contribution in [-0.2, 0) is 19.7 Å². The van der Waals surface area contributed by atoms with E-state index in [4.69, 9.17) is 4.74 Å². The van der Waals surface area contributed by atoms with Crippen molar-refractivity contribution in [3.63, 3.8) is 0 Å². The smallest absolute Gasteiger partial charge is 0.316 e. The van der Waals surface area contributed by atoms with E-state index in [0.717, 1.165) is 22.4 Å². The summed E-state index contributed by atoms with van der Waals surface area (Å²) in [4.78, 5) is 35.4. The third-order valence-electron chi connectivity index (χ3n) is 6.12. The van der Waals surface area contributed by atoms with Gasteiger partial charge in [0, 0.05) is 13.1 Å². The van der Waals surface area contributed by atoms with E-state index in [0.29, 0.717) is 31.7 Å². The van der Waals surface area contributed by atoms with Gasteiger partial charge in [-0.2, -0.15) is 0 Å². The number of thioether (sulfide) groups is 1. The average molecular weight is 438 g/mol. The number of fused-ring (bicyclic) bond motifs is 1. The Kier molecular flexibility index (Phi) is 6.32. The van der Waals surface area contributed by atoms with Gasteiger partial charge in [0.1, 0.15) is 5.82 Å². The van der Waals surface area contributed by atoms with Crippen molar-refractivity contribution in [1.82, 2.24) is 14.9 Å². The van der Waals surface area contributed by atoms with Gasteiger partial charge in [-0.1, -0.05) is 42.5 Å². The van der Waals surface area contributed by atoms with Gasteiger partial charge in [-0.15, -0.1) is 11.8 Å². The van der Waals surface area contributed by atoms with Crippen molar-refractivity contribution >= 4 is 34.7 Å². The Morgan fingerprint density at radius 1 is 1.13 bits per heavy atom. The van der Waals surface area contributed by atoms with Crippen LogP contribution in [0.15, 0.2) is 54.6 Å². The summed E-state index contributed by atoms with van der Waals surface area (Å²) in [5.74, 6) is 1.14. The van der Waals surface area contributed by atoms with Crippen LogP contribution >= 0.6 is 11.8 Å². The molecule has 6 nitrogen and oxygen atoms in total. The molecule has 1 aliphatic heterocycles. The summed E-state index contributed by atoms with van der Waals surface area (Å²) in [5.41, 5.74) is 2.23. The molecule has 1 unspecified atom stereocenters. The summed E-state index contributed by atoms with van der Waals surface area (Å²) >= 11 is 1.58. The highest BCUT2D eigenvalue weighted by Gasteiger charge is 2.44. The number of likely N-dealkylation sites (tertiary alicyclic amines) is 1. The van der Waals surface area contributed by atoms with Gasteiger partial charge in [0.05, 0.1) is 34.6 Å². The van der Waals surface area contributed by atoms with E-state index in [-0.39, 0.29) is 17.1 Å². The van der Waals surface area contributed by atoms with Crippen molar-refractivity contribution in [2.75, 3.05) is 26.0 Å². The van der Waals surface area contributed by atoms with Crippen LogP contribution in [0.2, 0.25) is 0 Å². The molecule has 1 amide bonds. The molecule has 1 aliphatic rings. The van der Waals surface area contributed by atoms with Crippen molar-refractivity contribution in [2.45, 2.75) is 30.4 Å². The van der Waals surface area contributed by atoms with E-state index < -0.39 is 5.41 Å². The minimum Gasteiger partial charge on any atom is -0.468 e. The molecule has 1 fully saturated rings. The number of aromatic nitrogens is 2. The fourth-order valence-electron chi connectivity index (χ4n) is 4.23. The van der Waals surface area contributed by atoms with Gasteiger partial charge in [-0.05, 0) is 37.5 Å². The summed E-state index contributed by atoms with van der Waals surface area (Å²) in [7, 11) is 1.43. The number of piperidine rings is 1. The first-order valence-corrected chi connectivity index (χ1v) is 11.6. The first-order chi connectivity index (χ1) is 15.0. The monoisotopic (exact) mass is 437 g/mol. The zero-order valence-corrected chi connectivity index (χ0v) is 18.7. The fraction of sp³-hybridized carbons (Fsp3) is 0.375. The maximum atomic E-state index is 12.9. The van der Waals surface area contributed by atoms with Crippen LogP contribution in [0.4, 0.5) is 0 Å². The molecular formula is C24H27N3O3S. The number of imidazole rings is 1. The number of methoxy groups -OCH3 is 1. The molecule has 162 valence electrons. The molecule has 2 heterocycles. The van der Waals surface area contributed by atoms with E-state index in [1.54, 1.807) is 11.8 Å². The van der Waals surface area contributed by atoms with Crippen molar-refractivity contribution in [1.29, 1.82) is 0 Å². The maximum Gasteiger partial charge on any atom is 0.316 e. The number of benzene rings is 2. The van der Waals surface area contributed by atoms with Gasteiger partial charge in [-0.3, -0.25) is 9.59 Å². The summed E-state index contributed by atoms with van der Waals surface area (Å²) in [5, 5.41) is 0.0830. The number of carbonyl (C=O) groups excluding carboxylic acids is 2. The number of esters is 1. The molecule has 3 aromatic rings. The maximum absolute atomic E-state index is 12.9. The van der Waals surface area contributed by atoms with E-state index in [9.17, 15) is 9.59 Å². The normalized spacial score (nSPS) is 16.8. The molecule has 0 bridgehead atoms. The number of rotatable bonds is 6. The number of amides is 1.